The minimum atomic E-state index is -1.17. The maximum Gasteiger partial charge on any atom is 0.332 e. The Morgan fingerprint density at radius 3 is 3.00 bits per heavy atom. The molecule has 0 radical (unpaired) electrons. The first-order chi connectivity index (χ1) is 11.5. The largest absolute Gasteiger partial charge is 0.484 e. The van der Waals surface area contributed by atoms with Crippen molar-refractivity contribution in [2.24, 2.45) is 0 Å². The molecule has 1 unspecified atom stereocenters. The van der Waals surface area contributed by atoms with E-state index in [4.69, 9.17) is 16.3 Å². The van der Waals surface area contributed by atoms with Crippen LogP contribution in [0.4, 0.5) is 4.39 Å². The van der Waals surface area contributed by atoms with E-state index in [2.05, 4.69) is 9.97 Å². The topological polar surface area (TPSA) is 95.5 Å². The number of carbonyl (C=O) groups excluding carboxylic acids is 1. The van der Waals surface area contributed by atoms with Crippen LogP contribution >= 0.6 is 11.6 Å². The fraction of sp³-hybridized carbons (Fsp3) is 0.267. The Morgan fingerprint density at radius 1 is 1.50 bits per heavy atom. The predicted octanol–water partition coefficient (Wildman–Crippen LogP) is 1.79. The van der Waals surface area contributed by atoms with Gasteiger partial charge in [0.2, 0.25) is 0 Å². The van der Waals surface area contributed by atoms with Gasteiger partial charge in [0.1, 0.15) is 11.6 Å². The van der Waals surface area contributed by atoms with Gasteiger partial charge < -0.3 is 19.7 Å². The summed E-state index contributed by atoms with van der Waals surface area (Å²) in [4.78, 5) is 32.0. The van der Waals surface area contributed by atoms with Crippen LogP contribution in [-0.4, -0.2) is 45.0 Å². The number of aromatic amines is 1. The van der Waals surface area contributed by atoms with Crippen molar-refractivity contribution in [2.45, 2.75) is 12.5 Å². The normalized spacial score (nSPS) is 16.6. The van der Waals surface area contributed by atoms with Gasteiger partial charge in [-0.1, -0.05) is 11.6 Å². The Bertz CT molecular complexity index is 795. The van der Waals surface area contributed by atoms with Crippen LogP contribution in [0.5, 0.6) is 5.75 Å². The maximum atomic E-state index is 13.1. The summed E-state index contributed by atoms with van der Waals surface area (Å²) in [5.74, 6) is -2.04. The highest BCUT2D eigenvalue weighted by Gasteiger charge is 2.37. The summed E-state index contributed by atoms with van der Waals surface area (Å²) in [6, 6.07) is 2.55. The molecule has 9 heteroatoms. The molecule has 1 amide bonds. The van der Waals surface area contributed by atoms with E-state index in [-0.39, 0.29) is 23.9 Å². The second-order valence-electron chi connectivity index (χ2n) is 5.21. The quantitative estimate of drug-likeness (QED) is 0.873. The van der Waals surface area contributed by atoms with Gasteiger partial charge in [-0.2, -0.15) is 0 Å². The number of nitrogens with zero attached hydrogens (tertiary/aromatic N) is 2. The van der Waals surface area contributed by atoms with Crippen molar-refractivity contribution in [1.82, 2.24) is 14.9 Å². The molecule has 0 bridgehead atoms. The van der Waals surface area contributed by atoms with Crippen LogP contribution < -0.4 is 4.74 Å². The van der Waals surface area contributed by atoms with Gasteiger partial charge in [0.25, 0.3) is 5.91 Å². The lowest BCUT2D eigenvalue weighted by Crippen LogP contribution is -2.45. The van der Waals surface area contributed by atoms with Gasteiger partial charge in [-0.3, -0.25) is 4.79 Å². The van der Waals surface area contributed by atoms with Crippen molar-refractivity contribution in [3.05, 3.63) is 46.8 Å². The van der Waals surface area contributed by atoms with E-state index >= 15 is 0 Å². The van der Waals surface area contributed by atoms with E-state index < -0.39 is 23.7 Å². The smallest absolute Gasteiger partial charge is 0.332 e. The van der Waals surface area contributed by atoms with Gasteiger partial charge in [0.15, 0.2) is 12.6 Å². The molecule has 1 aliphatic rings. The number of ether oxygens (including phenoxy) is 1. The lowest BCUT2D eigenvalue weighted by Gasteiger charge is -2.32. The van der Waals surface area contributed by atoms with Crippen LogP contribution in [0.2, 0.25) is 5.02 Å². The summed E-state index contributed by atoms with van der Waals surface area (Å²) < 4.78 is 18.4. The highest BCUT2D eigenvalue weighted by molar-refractivity contribution is 6.30. The number of carbonyl (C=O) groups is 2. The summed E-state index contributed by atoms with van der Waals surface area (Å²) in [6.45, 7) is -0.149. The fourth-order valence-electron chi connectivity index (χ4n) is 2.59. The molecule has 0 fully saturated rings. The molecule has 2 heterocycles. The molecule has 0 spiro atoms. The monoisotopic (exact) mass is 353 g/mol. The number of rotatable bonds is 4. The number of aliphatic carboxylic acids is 1. The summed E-state index contributed by atoms with van der Waals surface area (Å²) in [5, 5.41) is 9.30. The average Bonchev–Trinajstić information content (AvgIpc) is 3.03. The first-order valence-corrected chi connectivity index (χ1v) is 7.47. The highest BCUT2D eigenvalue weighted by Crippen LogP contribution is 2.28. The summed E-state index contributed by atoms with van der Waals surface area (Å²) in [6.07, 6.45) is 1.89. The Labute approximate surface area is 141 Å². The molecule has 3 rings (SSSR count). The van der Waals surface area contributed by atoms with E-state index in [9.17, 15) is 19.1 Å². The number of hydrogen-bond acceptors (Lipinski definition) is 4. The van der Waals surface area contributed by atoms with Gasteiger partial charge in [-0.05, 0) is 12.1 Å². The molecule has 1 atom stereocenters. The van der Waals surface area contributed by atoms with Crippen molar-refractivity contribution in [3.63, 3.8) is 0 Å². The Kier molecular flexibility index (Phi) is 4.39. The molecule has 2 aromatic rings. The molecule has 0 aliphatic carbocycles. The number of imidazole rings is 1. The van der Waals surface area contributed by atoms with Crippen LogP contribution in [0, 0.1) is 5.82 Å². The number of carboxylic acid groups (broad SMARTS) is 1. The second-order valence-corrected chi connectivity index (χ2v) is 5.62. The first kappa shape index (κ1) is 16.3. The van der Waals surface area contributed by atoms with Gasteiger partial charge in [-0.15, -0.1) is 0 Å². The number of fused-ring (bicyclic) bond motifs is 1. The van der Waals surface area contributed by atoms with Gasteiger partial charge in [-0.25, -0.2) is 14.2 Å². The molecule has 126 valence electrons. The van der Waals surface area contributed by atoms with Crippen molar-refractivity contribution >= 4 is 23.5 Å². The van der Waals surface area contributed by atoms with Crippen molar-refractivity contribution in [1.29, 1.82) is 0 Å². The Balaban J connectivity index is 1.72. The summed E-state index contributed by atoms with van der Waals surface area (Å²) >= 11 is 5.65. The Morgan fingerprint density at radius 2 is 2.29 bits per heavy atom. The lowest BCUT2D eigenvalue weighted by molar-refractivity contribution is -0.152. The molecule has 24 heavy (non-hydrogen) atoms. The number of amides is 1. The standard InChI is InChI=1S/C15H13ClFN3O4/c16-9-5-8(1-2-10(9)17)24-6-12(21)20-4-3-11-13(19-7-18-11)14(20)15(22)23/h1-2,5,7,14H,3-4,6H2,(H,18,19)(H,22,23). The zero-order valence-corrected chi connectivity index (χ0v) is 13.1. The maximum absolute atomic E-state index is 13.1. The van der Waals surface area contributed by atoms with Crippen LogP contribution in [0.3, 0.4) is 0 Å². The third-order valence-electron chi connectivity index (χ3n) is 3.73. The number of aromatic nitrogens is 2. The van der Waals surface area contributed by atoms with E-state index in [1.165, 1.54) is 23.4 Å². The zero-order chi connectivity index (χ0) is 17.3. The lowest BCUT2D eigenvalue weighted by atomic mass is 10.0. The van der Waals surface area contributed by atoms with E-state index in [1.54, 1.807) is 0 Å². The SMILES string of the molecule is O=C(O)C1c2nc[nH]c2CCN1C(=O)COc1ccc(F)c(Cl)c1. The molecular weight excluding hydrogens is 341 g/mol. The number of carboxylic acids is 1. The molecular formula is C15H13ClFN3O4. The van der Waals surface area contributed by atoms with Crippen LogP contribution in [-0.2, 0) is 16.0 Å². The summed E-state index contributed by atoms with van der Waals surface area (Å²) in [7, 11) is 0. The number of hydrogen-bond donors (Lipinski definition) is 2. The van der Waals surface area contributed by atoms with Gasteiger partial charge in [0, 0.05) is 24.7 Å². The fourth-order valence-corrected chi connectivity index (χ4v) is 2.76. The molecule has 1 aromatic carbocycles. The van der Waals surface area contributed by atoms with Gasteiger partial charge in [0.05, 0.1) is 17.0 Å². The molecule has 2 N–H and O–H groups in total. The minimum absolute atomic E-state index is 0.123. The second kappa shape index (κ2) is 6.48. The van der Waals surface area contributed by atoms with Crippen molar-refractivity contribution in [3.8, 4) is 5.75 Å². The van der Waals surface area contributed by atoms with E-state index in [1.807, 2.05) is 0 Å². The minimum Gasteiger partial charge on any atom is -0.484 e. The first-order valence-electron chi connectivity index (χ1n) is 7.09. The average molecular weight is 354 g/mol. The van der Waals surface area contributed by atoms with Crippen molar-refractivity contribution < 1.29 is 23.8 Å². The third kappa shape index (κ3) is 3.05. The predicted molar refractivity (Wildman–Crippen MR) is 81.3 cm³/mol. The Hall–Kier alpha value is -2.61. The third-order valence-corrected chi connectivity index (χ3v) is 4.02. The zero-order valence-electron chi connectivity index (χ0n) is 12.3. The van der Waals surface area contributed by atoms with Gasteiger partial charge >= 0.3 is 5.97 Å². The molecule has 7 nitrogen and oxygen atoms in total. The van der Waals surface area contributed by atoms with Crippen LogP contribution in [0.15, 0.2) is 24.5 Å². The van der Waals surface area contributed by atoms with Crippen LogP contribution in [0.25, 0.3) is 0 Å². The van der Waals surface area contributed by atoms with E-state index in [0.29, 0.717) is 17.8 Å². The molecule has 1 aromatic heterocycles. The molecule has 0 saturated heterocycles. The van der Waals surface area contributed by atoms with Crippen LogP contribution in [0.1, 0.15) is 17.4 Å². The summed E-state index contributed by atoms with van der Waals surface area (Å²) in [5.41, 5.74) is 1.03. The molecule has 1 aliphatic heterocycles. The number of benzene rings is 1. The van der Waals surface area contributed by atoms with Crippen molar-refractivity contribution in [2.75, 3.05) is 13.2 Å². The number of nitrogens with one attached hydrogen (secondary N) is 1. The van der Waals surface area contributed by atoms with E-state index in [0.717, 1.165) is 6.07 Å². The number of halogens is 2. The number of H-pyrrole nitrogens is 1. The highest BCUT2D eigenvalue weighted by atomic mass is 35.5. The molecule has 0 saturated carbocycles.